The molecular weight excluding hydrogens is 244 g/mol. The maximum absolute atomic E-state index is 11.9. The zero-order valence-electron chi connectivity index (χ0n) is 9.73. The topological polar surface area (TPSA) is 99.3 Å². The minimum absolute atomic E-state index is 0.340. The van der Waals surface area contributed by atoms with E-state index < -0.39 is 21.0 Å². The second-order valence-electron chi connectivity index (χ2n) is 4.05. The highest BCUT2D eigenvalue weighted by molar-refractivity contribution is 7.89. The Labute approximate surface area is 99.7 Å². The quantitative estimate of drug-likeness (QED) is 0.683. The van der Waals surface area contributed by atoms with Gasteiger partial charge in [-0.2, -0.15) is 0 Å². The summed E-state index contributed by atoms with van der Waals surface area (Å²) in [7, 11) is -3.93. The first-order valence-corrected chi connectivity index (χ1v) is 6.65. The lowest BCUT2D eigenvalue weighted by Gasteiger charge is -2.26. The number of hydrogen-bond donors (Lipinski definition) is 3. The van der Waals surface area contributed by atoms with Crippen LogP contribution in [0.15, 0.2) is 28.2 Å². The molecular formula is C10H16N2O4S. The van der Waals surface area contributed by atoms with E-state index in [1.165, 1.54) is 6.20 Å². The van der Waals surface area contributed by atoms with Crippen molar-refractivity contribution in [2.75, 3.05) is 6.61 Å². The Hall–Kier alpha value is -1.18. The van der Waals surface area contributed by atoms with Crippen LogP contribution in [0.4, 0.5) is 0 Å². The van der Waals surface area contributed by atoms with Crippen molar-refractivity contribution >= 4 is 10.0 Å². The maximum Gasteiger partial charge on any atom is 0.246 e. The monoisotopic (exact) mass is 260 g/mol. The third kappa shape index (κ3) is 3.15. The van der Waals surface area contributed by atoms with Gasteiger partial charge in [0.25, 0.3) is 0 Å². The number of pyridine rings is 1. The van der Waals surface area contributed by atoms with Crippen LogP contribution < -0.4 is 10.2 Å². The van der Waals surface area contributed by atoms with E-state index in [-0.39, 0.29) is 11.5 Å². The highest BCUT2D eigenvalue weighted by Gasteiger charge is 2.29. The molecule has 6 nitrogen and oxygen atoms in total. The Morgan fingerprint density at radius 2 is 2.18 bits per heavy atom. The van der Waals surface area contributed by atoms with Gasteiger partial charge in [-0.05, 0) is 13.3 Å². The SMILES string of the molecule is CCC(C)(CO)NS(=O)(=O)c1c[nH]ccc1=O. The van der Waals surface area contributed by atoms with Crippen LogP contribution in [0, 0.1) is 0 Å². The predicted molar refractivity (Wildman–Crippen MR) is 63.2 cm³/mol. The third-order valence-electron chi connectivity index (χ3n) is 2.59. The molecule has 7 heteroatoms. The van der Waals surface area contributed by atoms with Gasteiger partial charge in [-0.15, -0.1) is 0 Å². The van der Waals surface area contributed by atoms with Gasteiger partial charge in [0, 0.05) is 18.5 Å². The summed E-state index contributed by atoms with van der Waals surface area (Å²) in [5.41, 5.74) is -1.56. The molecule has 1 aromatic heterocycles. The first kappa shape index (κ1) is 13.9. The average molecular weight is 260 g/mol. The Morgan fingerprint density at radius 1 is 1.53 bits per heavy atom. The van der Waals surface area contributed by atoms with E-state index in [1.54, 1.807) is 13.8 Å². The van der Waals surface area contributed by atoms with Crippen LogP contribution in [-0.4, -0.2) is 30.7 Å². The fourth-order valence-electron chi connectivity index (χ4n) is 1.21. The normalized spacial score (nSPS) is 15.5. The number of aromatic amines is 1. The van der Waals surface area contributed by atoms with Crippen molar-refractivity contribution in [3.05, 3.63) is 28.7 Å². The number of aliphatic hydroxyl groups excluding tert-OH is 1. The van der Waals surface area contributed by atoms with Crippen molar-refractivity contribution in [1.29, 1.82) is 0 Å². The number of aliphatic hydroxyl groups is 1. The second-order valence-corrected chi connectivity index (χ2v) is 5.70. The van der Waals surface area contributed by atoms with E-state index in [0.29, 0.717) is 6.42 Å². The molecule has 0 spiro atoms. The highest BCUT2D eigenvalue weighted by Crippen LogP contribution is 2.12. The zero-order chi connectivity index (χ0) is 13.1. The first-order chi connectivity index (χ1) is 7.84. The van der Waals surface area contributed by atoms with Crippen molar-refractivity contribution in [2.24, 2.45) is 0 Å². The van der Waals surface area contributed by atoms with E-state index in [9.17, 15) is 13.2 Å². The Balaban J connectivity index is 3.14. The molecule has 0 bridgehead atoms. The molecule has 0 saturated heterocycles. The number of nitrogens with one attached hydrogen (secondary N) is 2. The van der Waals surface area contributed by atoms with Crippen molar-refractivity contribution < 1.29 is 13.5 Å². The number of H-pyrrole nitrogens is 1. The lowest BCUT2D eigenvalue weighted by molar-refractivity contribution is 0.191. The summed E-state index contributed by atoms with van der Waals surface area (Å²) in [5.74, 6) is 0. The van der Waals surface area contributed by atoms with Gasteiger partial charge in [0.15, 0.2) is 0 Å². The van der Waals surface area contributed by atoms with Gasteiger partial charge in [0.05, 0.1) is 12.1 Å². The molecule has 0 radical (unpaired) electrons. The largest absolute Gasteiger partial charge is 0.394 e. The summed E-state index contributed by atoms with van der Waals surface area (Å²) in [5, 5.41) is 9.15. The van der Waals surface area contributed by atoms with E-state index in [1.807, 2.05) is 0 Å². The van der Waals surface area contributed by atoms with Crippen LogP contribution in [0.1, 0.15) is 20.3 Å². The Kier molecular flexibility index (Phi) is 4.07. The smallest absolute Gasteiger partial charge is 0.246 e. The third-order valence-corrected chi connectivity index (χ3v) is 4.25. The van der Waals surface area contributed by atoms with Gasteiger partial charge in [0.1, 0.15) is 4.90 Å². The van der Waals surface area contributed by atoms with Crippen molar-refractivity contribution in [1.82, 2.24) is 9.71 Å². The molecule has 0 saturated carbocycles. The zero-order valence-corrected chi connectivity index (χ0v) is 10.5. The lowest BCUT2D eigenvalue weighted by atomic mass is 10.0. The number of sulfonamides is 1. The maximum atomic E-state index is 11.9. The number of aromatic nitrogens is 1. The Morgan fingerprint density at radius 3 is 2.65 bits per heavy atom. The molecule has 17 heavy (non-hydrogen) atoms. The fraction of sp³-hybridized carbons (Fsp3) is 0.500. The average Bonchev–Trinajstić information content (AvgIpc) is 2.28. The minimum Gasteiger partial charge on any atom is -0.394 e. The van der Waals surface area contributed by atoms with E-state index in [0.717, 1.165) is 12.3 Å². The first-order valence-electron chi connectivity index (χ1n) is 5.16. The van der Waals surface area contributed by atoms with Gasteiger partial charge < -0.3 is 10.1 Å². The number of hydrogen-bond acceptors (Lipinski definition) is 4. The second kappa shape index (κ2) is 4.99. The Bertz CT molecular complexity index is 531. The van der Waals surface area contributed by atoms with Gasteiger partial charge in [-0.25, -0.2) is 13.1 Å². The van der Waals surface area contributed by atoms with Crippen LogP contribution in [0.2, 0.25) is 0 Å². The van der Waals surface area contributed by atoms with Gasteiger partial charge >= 0.3 is 0 Å². The molecule has 96 valence electrons. The lowest BCUT2D eigenvalue weighted by Crippen LogP contribution is -2.49. The molecule has 1 unspecified atom stereocenters. The summed E-state index contributed by atoms with van der Waals surface area (Å²) >= 11 is 0. The van der Waals surface area contributed by atoms with Crippen LogP contribution in [0.3, 0.4) is 0 Å². The fourth-order valence-corrected chi connectivity index (χ4v) is 2.73. The molecule has 0 amide bonds. The summed E-state index contributed by atoms with van der Waals surface area (Å²) in [6.07, 6.45) is 2.89. The molecule has 0 fully saturated rings. The van der Waals surface area contributed by atoms with Crippen LogP contribution in [0.5, 0.6) is 0 Å². The van der Waals surface area contributed by atoms with Crippen molar-refractivity contribution in [2.45, 2.75) is 30.7 Å². The molecule has 3 N–H and O–H groups in total. The summed E-state index contributed by atoms with van der Waals surface area (Å²) in [6.45, 7) is 2.98. The highest BCUT2D eigenvalue weighted by atomic mass is 32.2. The van der Waals surface area contributed by atoms with Crippen LogP contribution in [0.25, 0.3) is 0 Å². The summed E-state index contributed by atoms with van der Waals surface area (Å²) in [6, 6.07) is 1.14. The predicted octanol–water partition coefficient (Wildman–Crippen LogP) is -0.186. The van der Waals surface area contributed by atoms with Crippen LogP contribution >= 0.6 is 0 Å². The minimum atomic E-state index is -3.93. The number of rotatable bonds is 5. The molecule has 1 atom stereocenters. The summed E-state index contributed by atoms with van der Waals surface area (Å²) in [4.78, 5) is 13.6. The molecule has 1 aromatic rings. The van der Waals surface area contributed by atoms with Gasteiger partial charge in [-0.1, -0.05) is 6.92 Å². The van der Waals surface area contributed by atoms with Crippen molar-refractivity contribution in [3.8, 4) is 0 Å². The van der Waals surface area contributed by atoms with Crippen LogP contribution in [-0.2, 0) is 10.0 Å². The molecule has 1 heterocycles. The molecule has 1 rings (SSSR count). The van der Waals surface area contributed by atoms with E-state index in [2.05, 4.69) is 9.71 Å². The molecule has 0 aliphatic carbocycles. The molecule has 0 aromatic carbocycles. The van der Waals surface area contributed by atoms with E-state index in [4.69, 9.17) is 5.11 Å². The molecule has 0 aliphatic rings. The summed E-state index contributed by atoms with van der Waals surface area (Å²) < 4.78 is 26.2. The van der Waals surface area contributed by atoms with E-state index >= 15 is 0 Å². The van der Waals surface area contributed by atoms with Gasteiger partial charge in [-0.3, -0.25) is 4.79 Å². The van der Waals surface area contributed by atoms with Crippen molar-refractivity contribution in [3.63, 3.8) is 0 Å². The standard InChI is InChI=1S/C10H16N2O4S/c1-3-10(2,7-13)12-17(15,16)9-6-11-5-4-8(9)14/h4-6,12-13H,3,7H2,1-2H3,(H,11,14). The molecule has 0 aliphatic heterocycles. The van der Waals surface area contributed by atoms with Gasteiger partial charge in [0.2, 0.25) is 15.5 Å².